The van der Waals surface area contributed by atoms with Crippen LogP contribution in [0.4, 0.5) is 0 Å². The minimum Gasteiger partial charge on any atom is -0.388 e. The Morgan fingerprint density at radius 1 is 0.912 bits per heavy atom. The van der Waals surface area contributed by atoms with E-state index in [0.29, 0.717) is 12.8 Å². The highest BCUT2D eigenvalue weighted by Gasteiger charge is 2.60. The van der Waals surface area contributed by atoms with Crippen LogP contribution >= 0.6 is 15.0 Å². The minimum atomic E-state index is -4.53. The molecule has 0 amide bonds. The summed E-state index contributed by atoms with van der Waals surface area (Å²) >= 11 is 0. The number of hydrogen-bond acceptors (Lipinski definition) is 8. The Kier molecular flexibility index (Phi) is 10.4. The Labute approximate surface area is 206 Å². The van der Waals surface area contributed by atoms with Crippen molar-refractivity contribution < 1.29 is 43.1 Å². The molecule has 12 heteroatoms. The SMILES string of the molecule is [B][C@@H]1O[C@H](C[C@@](C)(CC)OP(C)(=O)C(C)(CC)C(C)(CC)OP(=O)(O)C(C)(O)CC)[C@@H](O)[C@H]1O. The first-order valence-corrected chi connectivity index (χ1v) is 15.7. The Morgan fingerprint density at radius 3 is 1.79 bits per heavy atom. The molecule has 34 heavy (non-hydrogen) atoms. The van der Waals surface area contributed by atoms with E-state index in [-0.39, 0.29) is 19.3 Å². The molecule has 1 aliphatic rings. The average Bonchev–Trinajstić information content (AvgIpc) is 2.97. The summed E-state index contributed by atoms with van der Waals surface area (Å²) in [6.07, 6.45) is -2.19. The standard InChI is InChI=1S/C22H45BO9P2/c1-10-19(5,14-15-16(24)17(25)18(23)30-15)31-33(9,27)21(7,12-3)20(6,11-2)32-34(28,29)22(8,26)13-4/h15-18,24-26H,10-14H2,1-9H3,(H,28,29)/t15-,16-,17-,18-,19-,20?,21?,22?,33?/m1/s1. The van der Waals surface area contributed by atoms with Gasteiger partial charge in [-0.1, -0.05) is 27.7 Å². The molecule has 4 N–H and O–H groups in total. The minimum absolute atomic E-state index is 0.00466. The van der Waals surface area contributed by atoms with Crippen molar-refractivity contribution in [3.63, 3.8) is 0 Å². The molecule has 2 radical (unpaired) electrons. The molecule has 0 aromatic heterocycles. The Balaban J connectivity index is 3.35. The van der Waals surface area contributed by atoms with Crippen molar-refractivity contribution in [2.45, 2.75) is 134 Å². The maximum atomic E-state index is 14.3. The molecule has 200 valence electrons. The van der Waals surface area contributed by atoms with Gasteiger partial charge in [-0.25, -0.2) is 0 Å². The second-order valence-corrected chi connectivity index (χ2v) is 15.5. The van der Waals surface area contributed by atoms with Crippen LogP contribution < -0.4 is 0 Å². The van der Waals surface area contributed by atoms with Gasteiger partial charge in [0.15, 0.2) is 5.34 Å². The first-order chi connectivity index (χ1) is 15.2. The molecular weight excluding hydrogens is 481 g/mol. The summed E-state index contributed by atoms with van der Waals surface area (Å²) in [5.41, 5.74) is -2.41. The molecule has 1 saturated heterocycles. The van der Waals surface area contributed by atoms with Crippen molar-refractivity contribution in [1.29, 1.82) is 0 Å². The van der Waals surface area contributed by atoms with E-state index in [1.165, 1.54) is 13.6 Å². The molecule has 1 aliphatic heterocycles. The molecule has 0 spiro atoms. The van der Waals surface area contributed by atoms with E-state index in [4.69, 9.17) is 21.6 Å². The van der Waals surface area contributed by atoms with Gasteiger partial charge in [0.2, 0.25) is 7.37 Å². The number of ether oxygens (including phenoxy) is 1. The van der Waals surface area contributed by atoms with Gasteiger partial charge in [-0.05, 0) is 53.4 Å². The molecule has 1 fully saturated rings. The molecular formula is C22H45BO9P2. The number of aliphatic hydroxyl groups is 3. The molecule has 0 aromatic rings. The predicted molar refractivity (Wildman–Crippen MR) is 134 cm³/mol. The van der Waals surface area contributed by atoms with Gasteiger partial charge in [0.25, 0.3) is 0 Å². The largest absolute Gasteiger partial charge is 0.388 e. The van der Waals surface area contributed by atoms with E-state index in [0.717, 1.165) is 0 Å². The second kappa shape index (κ2) is 10.9. The zero-order valence-electron chi connectivity index (χ0n) is 22.1. The van der Waals surface area contributed by atoms with Gasteiger partial charge in [-0.2, -0.15) is 0 Å². The summed E-state index contributed by atoms with van der Waals surface area (Å²) in [5, 5.41) is 27.6. The first-order valence-electron chi connectivity index (χ1n) is 12.0. The van der Waals surface area contributed by atoms with Gasteiger partial charge in [0, 0.05) is 19.1 Å². The number of hydrogen-bond donors (Lipinski definition) is 4. The fourth-order valence-electron chi connectivity index (χ4n) is 4.34. The van der Waals surface area contributed by atoms with Crippen molar-refractivity contribution in [3.05, 3.63) is 0 Å². The maximum Gasteiger partial charge on any atom is 0.359 e. The second-order valence-electron chi connectivity index (χ2n) is 10.5. The van der Waals surface area contributed by atoms with E-state index in [2.05, 4.69) is 0 Å². The predicted octanol–water partition coefficient (Wildman–Crippen LogP) is 3.74. The summed E-state index contributed by atoms with van der Waals surface area (Å²) in [7, 11) is -2.44. The average molecular weight is 526 g/mol. The van der Waals surface area contributed by atoms with Crippen LogP contribution in [0.2, 0.25) is 0 Å². The molecule has 0 saturated carbocycles. The quantitative estimate of drug-likeness (QED) is 0.209. The van der Waals surface area contributed by atoms with Crippen LogP contribution in [0, 0.1) is 0 Å². The van der Waals surface area contributed by atoms with Crippen LogP contribution in [0.25, 0.3) is 0 Å². The molecule has 1 rings (SSSR count). The third-order valence-corrected chi connectivity index (χ3v) is 13.7. The summed E-state index contributed by atoms with van der Waals surface area (Å²) in [6.45, 7) is 14.8. The molecule has 0 aromatic carbocycles. The molecule has 0 aliphatic carbocycles. The van der Waals surface area contributed by atoms with Crippen LogP contribution in [0.15, 0.2) is 0 Å². The molecule has 0 bridgehead atoms. The topological polar surface area (TPSA) is 143 Å². The Bertz CT molecular complexity index is 796. The monoisotopic (exact) mass is 526 g/mol. The van der Waals surface area contributed by atoms with Crippen molar-refractivity contribution >= 4 is 22.8 Å². The highest BCUT2D eigenvalue weighted by atomic mass is 31.2. The Morgan fingerprint density at radius 2 is 1.44 bits per heavy atom. The number of aliphatic hydroxyl groups excluding tert-OH is 2. The van der Waals surface area contributed by atoms with Gasteiger partial charge in [-0.15, -0.1) is 0 Å². The van der Waals surface area contributed by atoms with E-state index in [9.17, 15) is 29.3 Å². The molecule has 10 atom stereocenters. The van der Waals surface area contributed by atoms with Crippen molar-refractivity contribution in [3.8, 4) is 0 Å². The summed E-state index contributed by atoms with van der Waals surface area (Å²) in [4.78, 5) is 10.7. The van der Waals surface area contributed by atoms with E-state index in [1.54, 1.807) is 41.5 Å². The molecule has 9 nitrogen and oxygen atoms in total. The van der Waals surface area contributed by atoms with Crippen molar-refractivity contribution in [2.24, 2.45) is 0 Å². The lowest BCUT2D eigenvalue weighted by atomic mass is 9.85. The van der Waals surface area contributed by atoms with E-state index >= 15 is 0 Å². The summed E-state index contributed by atoms with van der Waals surface area (Å²) in [5.74, 6) is 0. The van der Waals surface area contributed by atoms with Crippen LogP contribution in [0.5, 0.6) is 0 Å². The summed E-state index contributed by atoms with van der Waals surface area (Å²) in [6, 6.07) is -1.03. The molecule has 5 unspecified atom stereocenters. The van der Waals surface area contributed by atoms with Gasteiger partial charge in [-0.3, -0.25) is 13.7 Å². The van der Waals surface area contributed by atoms with Gasteiger partial charge in [0.1, 0.15) is 14.0 Å². The summed E-state index contributed by atoms with van der Waals surface area (Å²) < 4.78 is 45.0. The number of rotatable bonds is 13. The van der Waals surface area contributed by atoms with E-state index in [1.807, 2.05) is 6.92 Å². The lowest BCUT2D eigenvalue weighted by molar-refractivity contribution is -0.0399. The Hall–Kier alpha value is 0.245. The zero-order valence-corrected chi connectivity index (χ0v) is 23.9. The van der Waals surface area contributed by atoms with Crippen molar-refractivity contribution in [2.75, 3.05) is 6.66 Å². The highest BCUT2D eigenvalue weighted by molar-refractivity contribution is 7.60. The fourth-order valence-corrected chi connectivity index (χ4v) is 8.77. The normalized spacial score (nSPS) is 34.1. The lowest BCUT2D eigenvalue weighted by Gasteiger charge is -2.51. The fraction of sp³-hybridized carbons (Fsp3) is 1.00. The smallest absolute Gasteiger partial charge is 0.359 e. The van der Waals surface area contributed by atoms with Crippen LogP contribution in [0.3, 0.4) is 0 Å². The zero-order chi connectivity index (χ0) is 27.0. The van der Waals surface area contributed by atoms with Gasteiger partial charge in [0.05, 0.1) is 28.6 Å². The lowest BCUT2D eigenvalue weighted by Crippen LogP contribution is -2.52. The molecule has 1 heterocycles. The maximum absolute atomic E-state index is 14.3. The van der Waals surface area contributed by atoms with Crippen LogP contribution in [-0.2, 0) is 22.9 Å². The van der Waals surface area contributed by atoms with Crippen molar-refractivity contribution in [1.82, 2.24) is 0 Å². The van der Waals surface area contributed by atoms with Crippen LogP contribution in [0.1, 0.15) is 87.5 Å². The third kappa shape index (κ3) is 6.03. The van der Waals surface area contributed by atoms with Crippen LogP contribution in [-0.4, -0.2) is 80.7 Å². The third-order valence-electron chi connectivity index (χ3n) is 8.18. The van der Waals surface area contributed by atoms with Gasteiger partial charge < -0.3 is 29.5 Å². The highest BCUT2D eigenvalue weighted by Crippen LogP contribution is 2.69. The van der Waals surface area contributed by atoms with E-state index < -0.39 is 61.0 Å². The van der Waals surface area contributed by atoms with Gasteiger partial charge >= 0.3 is 7.60 Å². The first kappa shape index (κ1) is 32.3.